The third-order valence-corrected chi connectivity index (χ3v) is 1.20. The molecule has 0 amide bonds. The Kier molecular flexibility index (Phi) is 6.39. The standard InChI is InChI=1S/C9H14O5/c1-3-8(11)13-5-4-9(12)14-6-7(2)10/h3,7,10H,1,4-6H2,2H3. The van der Waals surface area contributed by atoms with Crippen LogP contribution in [0.5, 0.6) is 0 Å². The summed E-state index contributed by atoms with van der Waals surface area (Å²) in [6.07, 6.45) is 0.308. The highest BCUT2D eigenvalue weighted by Gasteiger charge is 2.05. The molecule has 1 atom stereocenters. The summed E-state index contributed by atoms with van der Waals surface area (Å²) in [4.78, 5) is 21.4. The second-order valence-corrected chi connectivity index (χ2v) is 2.65. The molecule has 0 heterocycles. The molecule has 0 spiro atoms. The molecule has 0 aromatic carbocycles. The van der Waals surface area contributed by atoms with Crippen LogP contribution in [0.2, 0.25) is 0 Å². The lowest BCUT2D eigenvalue weighted by atomic mass is 10.4. The van der Waals surface area contributed by atoms with E-state index >= 15 is 0 Å². The SMILES string of the molecule is C=CC(=O)OCCC(=O)OCC(C)O. The Balaban J connectivity index is 3.44. The van der Waals surface area contributed by atoms with Crippen molar-refractivity contribution in [2.45, 2.75) is 19.4 Å². The maximum Gasteiger partial charge on any atom is 0.330 e. The van der Waals surface area contributed by atoms with Gasteiger partial charge in [-0.2, -0.15) is 0 Å². The lowest BCUT2D eigenvalue weighted by Gasteiger charge is -2.06. The molecule has 0 aliphatic heterocycles. The number of ether oxygens (including phenoxy) is 2. The number of carbonyl (C=O) groups is 2. The Hall–Kier alpha value is -1.36. The molecule has 1 N–H and O–H groups in total. The normalized spacial score (nSPS) is 11.6. The zero-order valence-electron chi connectivity index (χ0n) is 8.06. The zero-order valence-corrected chi connectivity index (χ0v) is 8.06. The van der Waals surface area contributed by atoms with E-state index in [0.717, 1.165) is 6.08 Å². The molecule has 0 aromatic rings. The van der Waals surface area contributed by atoms with Gasteiger partial charge >= 0.3 is 11.9 Å². The number of rotatable bonds is 6. The summed E-state index contributed by atoms with van der Waals surface area (Å²) < 4.78 is 9.16. The highest BCUT2D eigenvalue weighted by Crippen LogP contribution is 1.91. The van der Waals surface area contributed by atoms with Gasteiger partial charge in [0.05, 0.1) is 12.5 Å². The van der Waals surface area contributed by atoms with Crippen LogP contribution < -0.4 is 0 Å². The van der Waals surface area contributed by atoms with Gasteiger partial charge in [-0.15, -0.1) is 0 Å². The van der Waals surface area contributed by atoms with Gasteiger partial charge in [-0.3, -0.25) is 4.79 Å². The fourth-order valence-corrected chi connectivity index (χ4v) is 0.580. The van der Waals surface area contributed by atoms with Crippen LogP contribution in [0.4, 0.5) is 0 Å². The second kappa shape index (κ2) is 7.08. The van der Waals surface area contributed by atoms with Crippen LogP contribution in [0, 0.1) is 0 Å². The minimum absolute atomic E-state index is 0.0215. The van der Waals surface area contributed by atoms with Crippen molar-refractivity contribution in [1.82, 2.24) is 0 Å². The summed E-state index contributed by atoms with van der Waals surface area (Å²) in [6, 6.07) is 0. The molecule has 1 unspecified atom stereocenters. The van der Waals surface area contributed by atoms with E-state index in [4.69, 9.17) is 5.11 Å². The molecule has 0 aliphatic carbocycles. The van der Waals surface area contributed by atoms with E-state index in [0.29, 0.717) is 0 Å². The van der Waals surface area contributed by atoms with Crippen LogP contribution >= 0.6 is 0 Å². The fraction of sp³-hybridized carbons (Fsp3) is 0.556. The fourth-order valence-electron chi connectivity index (χ4n) is 0.580. The lowest BCUT2D eigenvalue weighted by Crippen LogP contribution is -2.17. The average molecular weight is 202 g/mol. The van der Waals surface area contributed by atoms with E-state index < -0.39 is 18.0 Å². The number of carbonyl (C=O) groups excluding carboxylic acids is 2. The Morgan fingerprint density at radius 1 is 1.50 bits per heavy atom. The first kappa shape index (κ1) is 12.6. The summed E-state index contributed by atoms with van der Waals surface area (Å²) in [5.41, 5.74) is 0. The van der Waals surface area contributed by atoms with E-state index in [-0.39, 0.29) is 19.6 Å². The maximum atomic E-state index is 10.9. The summed E-state index contributed by atoms with van der Waals surface area (Å²) in [6.45, 7) is 4.61. The second-order valence-electron chi connectivity index (χ2n) is 2.65. The van der Waals surface area contributed by atoms with Gasteiger partial charge in [0.25, 0.3) is 0 Å². The topological polar surface area (TPSA) is 72.8 Å². The van der Waals surface area contributed by atoms with Crippen molar-refractivity contribution in [2.75, 3.05) is 13.2 Å². The molecule has 0 saturated heterocycles. The van der Waals surface area contributed by atoms with Crippen LogP contribution in [0.3, 0.4) is 0 Å². The predicted molar refractivity (Wildman–Crippen MR) is 48.4 cm³/mol. The van der Waals surface area contributed by atoms with E-state index in [9.17, 15) is 9.59 Å². The quantitative estimate of drug-likeness (QED) is 0.486. The van der Waals surface area contributed by atoms with Crippen LogP contribution in [-0.4, -0.2) is 36.4 Å². The Bertz CT molecular complexity index is 209. The van der Waals surface area contributed by atoms with E-state index in [2.05, 4.69) is 16.1 Å². The summed E-state index contributed by atoms with van der Waals surface area (Å²) in [5.74, 6) is -1.09. The van der Waals surface area contributed by atoms with Gasteiger partial charge in [0, 0.05) is 6.08 Å². The molecule has 0 aromatic heterocycles. The van der Waals surface area contributed by atoms with Crippen LogP contribution in [0.1, 0.15) is 13.3 Å². The Labute approximate surface area is 82.3 Å². The molecule has 14 heavy (non-hydrogen) atoms. The number of aliphatic hydroxyl groups excluding tert-OH is 1. The van der Waals surface area contributed by atoms with Crippen molar-refractivity contribution in [2.24, 2.45) is 0 Å². The number of aliphatic hydroxyl groups is 1. The molecular formula is C9H14O5. The Morgan fingerprint density at radius 2 is 2.14 bits per heavy atom. The van der Waals surface area contributed by atoms with E-state index in [1.807, 2.05) is 0 Å². The minimum Gasteiger partial charge on any atom is -0.463 e. The van der Waals surface area contributed by atoms with E-state index in [1.165, 1.54) is 6.92 Å². The van der Waals surface area contributed by atoms with Crippen LogP contribution in [0.15, 0.2) is 12.7 Å². The molecule has 0 aliphatic rings. The first-order valence-corrected chi connectivity index (χ1v) is 4.19. The van der Waals surface area contributed by atoms with Gasteiger partial charge in [0.15, 0.2) is 0 Å². The predicted octanol–water partition coefficient (Wildman–Crippen LogP) is 0.0297. The van der Waals surface area contributed by atoms with Crippen molar-refractivity contribution >= 4 is 11.9 Å². The lowest BCUT2D eigenvalue weighted by molar-refractivity contribution is -0.149. The molecule has 80 valence electrons. The molecule has 0 bridgehead atoms. The molecule has 0 fully saturated rings. The molecule has 5 heteroatoms. The number of hydrogen-bond acceptors (Lipinski definition) is 5. The Morgan fingerprint density at radius 3 is 2.64 bits per heavy atom. The molecule has 0 saturated carbocycles. The van der Waals surface area contributed by atoms with Crippen LogP contribution in [0.25, 0.3) is 0 Å². The van der Waals surface area contributed by atoms with Gasteiger partial charge in [0.2, 0.25) is 0 Å². The van der Waals surface area contributed by atoms with Crippen LogP contribution in [-0.2, 0) is 19.1 Å². The minimum atomic E-state index is -0.685. The highest BCUT2D eigenvalue weighted by atomic mass is 16.6. The molecule has 5 nitrogen and oxygen atoms in total. The summed E-state index contributed by atoms with van der Waals surface area (Å²) in [7, 11) is 0. The van der Waals surface area contributed by atoms with Gasteiger partial charge in [-0.25, -0.2) is 4.79 Å². The third-order valence-electron chi connectivity index (χ3n) is 1.20. The highest BCUT2D eigenvalue weighted by molar-refractivity contribution is 5.81. The number of hydrogen-bond donors (Lipinski definition) is 1. The average Bonchev–Trinajstić information content (AvgIpc) is 2.14. The monoisotopic (exact) mass is 202 g/mol. The smallest absolute Gasteiger partial charge is 0.330 e. The summed E-state index contributed by atoms with van der Waals surface area (Å²) >= 11 is 0. The van der Waals surface area contributed by atoms with Crippen molar-refractivity contribution in [3.63, 3.8) is 0 Å². The van der Waals surface area contributed by atoms with Gasteiger partial charge in [-0.05, 0) is 6.92 Å². The first-order chi connectivity index (χ1) is 6.56. The zero-order chi connectivity index (χ0) is 11.0. The maximum absolute atomic E-state index is 10.9. The van der Waals surface area contributed by atoms with Crippen molar-refractivity contribution in [3.05, 3.63) is 12.7 Å². The molecular weight excluding hydrogens is 188 g/mol. The van der Waals surface area contributed by atoms with Crippen molar-refractivity contribution in [1.29, 1.82) is 0 Å². The largest absolute Gasteiger partial charge is 0.463 e. The number of esters is 2. The summed E-state index contributed by atoms with van der Waals surface area (Å²) in [5, 5.41) is 8.78. The first-order valence-electron chi connectivity index (χ1n) is 4.19. The van der Waals surface area contributed by atoms with Gasteiger partial charge in [0.1, 0.15) is 13.2 Å². The van der Waals surface area contributed by atoms with Gasteiger partial charge in [-0.1, -0.05) is 6.58 Å². The van der Waals surface area contributed by atoms with E-state index in [1.54, 1.807) is 0 Å². The van der Waals surface area contributed by atoms with Crippen molar-refractivity contribution < 1.29 is 24.2 Å². The van der Waals surface area contributed by atoms with Crippen molar-refractivity contribution in [3.8, 4) is 0 Å². The molecule has 0 rings (SSSR count). The van der Waals surface area contributed by atoms with Gasteiger partial charge < -0.3 is 14.6 Å². The molecule has 0 radical (unpaired) electrons. The third kappa shape index (κ3) is 7.30.